The lowest BCUT2D eigenvalue weighted by Gasteiger charge is -2.18. The molecule has 7 heteroatoms. The lowest BCUT2D eigenvalue weighted by Crippen LogP contribution is -2.30. The van der Waals surface area contributed by atoms with Gasteiger partial charge in [-0.2, -0.15) is 0 Å². The van der Waals surface area contributed by atoms with Crippen LogP contribution >= 0.6 is 0 Å². The molecular weight excluding hydrogens is 326 g/mol. The molecule has 130 valence electrons. The lowest BCUT2D eigenvalue weighted by molar-refractivity contribution is -0.130. The molecule has 1 amide bonds. The van der Waals surface area contributed by atoms with Crippen molar-refractivity contribution in [1.82, 2.24) is 14.9 Å². The van der Waals surface area contributed by atoms with E-state index < -0.39 is 9.84 Å². The van der Waals surface area contributed by atoms with Gasteiger partial charge in [0.2, 0.25) is 5.91 Å². The number of aromatic nitrogens is 2. The summed E-state index contributed by atoms with van der Waals surface area (Å²) in [6, 6.07) is 7.90. The van der Waals surface area contributed by atoms with Crippen LogP contribution in [0.25, 0.3) is 11.0 Å². The number of hydrogen-bond acceptors (Lipinski definition) is 4. The normalized spacial score (nSPS) is 19.6. The smallest absolute Gasteiger partial charge is 0.222 e. The first kappa shape index (κ1) is 17.0. The summed E-state index contributed by atoms with van der Waals surface area (Å²) in [6.07, 6.45) is 2.55. The molecule has 1 fully saturated rings. The maximum atomic E-state index is 12.2. The number of H-pyrrole nitrogens is 1. The number of para-hydroxylation sites is 2. The number of fused-ring (bicyclic) bond motifs is 1. The summed E-state index contributed by atoms with van der Waals surface area (Å²) in [5.74, 6) is 1.33. The van der Waals surface area contributed by atoms with Gasteiger partial charge in [-0.1, -0.05) is 12.1 Å². The standard InChI is InChI=1S/C17H23N3O3S/c1-20(17(21)11-13-8-10-24(22,23)12-13)9-4-7-16-18-14-5-2-3-6-15(14)19-16/h2-3,5-6,13H,4,7-12H2,1H3,(H,18,19). The summed E-state index contributed by atoms with van der Waals surface area (Å²) < 4.78 is 22.9. The second-order valence-electron chi connectivity index (χ2n) is 6.59. The maximum absolute atomic E-state index is 12.2. The molecule has 1 aliphatic heterocycles. The van der Waals surface area contributed by atoms with E-state index in [1.165, 1.54) is 0 Å². The zero-order valence-corrected chi connectivity index (χ0v) is 14.7. The van der Waals surface area contributed by atoms with Crippen molar-refractivity contribution in [2.45, 2.75) is 25.7 Å². The summed E-state index contributed by atoms with van der Waals surface area (Å²) >= 11 is 0. The van der Waals surface area contributed by atoms with E-state index in [1.54, 1.807) is 11.9 Å². The molecule has 0 spiro atoms. The van der Waals surface area contributed by atoms with Gasteiger partial charge in [0.15, 0.2) is 9.84 Å². The van der Waals surface area contributed by atoms with Crippen molar-refractivity contribution in [2.24, 2.45) is 5.92 Å². The van der Waals surface area contributed by atoms with Crippen molar-refractivity contribution >= 4 is 26.8 Å². The number of nitrogens with one attached hydrogen (secondary N) is 1. The van der Waals surface area contributed by atoms with Crippen LogP contribution < -0.4 is 0 Å². The van der Waals surface area contributed by atoms with E-state index in [4.69, 9.17) is 0 Å². The first-order valence-corrected chi connectivity index (χ1v) is 10.1. The fraction of sp³-hybridized carbons (Fsp3) is 0.529. The molecule has 24 heavy (non-hydrogen) atoms. The lowest BCUT2D eigenvalue weighted by atomic mass is 10.0. The molecule has 0 saturated carbocycles. The Labute approximate surface area is 142 Å². The fourth-order valence-corrected chi connectivity index (χ4v) is 5.03. The predicted octanol–water partition coefficient (Wildman–Crippen LogP) is 1.78. The van der Waals surface area contributed by atoms with Crippen LogP contribution in [0.15, 0.2) is 24.3 Å². The Bertz CT molecular complexity index is 795. The number of aryl methyl sites for hydroxylation is 1. The van der Waals surface area contributed by atoms with E-state index >= 15 is 0 Å². The minimum atomic E-state index is -2.92. The van der Waals surface area contributed by atoms with Crippen LogP contribution in [-0.2, 0) is 21.1 Å². The number of rotatable bonds is 6. The second kappa shape index (κ2) is 6.93. The van der Waals surface area contributed by atoms with Crippen LogP contribution in [0.3, 0.4) is 0 Å². The third-order valence-corrected chi connectivity index (χ3v) is 6.40. The van der Waals surface area contributed by atoms with Crippen LogP contribution in [0.4, 0.5) is 0 Å². The summed E-state index contributed by atoms with van der Waals surface area (Å²) in [7, 11) is -1.13. The molecule has 1 saturated heterocycles. The minimum Gasteiger partial charge on any atom is -0.346 e. The van der Waals surface area contributed by atoms with Gasteiger partial charge in [0.1, 0.15) is 5.82 Å². The van der Waals surface area contributed by atoms with Gasteiger partial charge in [0.05, 0.1) is 22.5 Å². The van der Waals surface area contributed by atoms with E-state index in [0.717, 1.165) is 29.7 Å². The summed E-state index contributed by atoms with van der Waals surface area (Å²) in [5.41, 5.74) is 1.98. The van der Waals surface area contributed by atoms with Crippen molar-refractivity contribution in [3.8, 4) is 0 Å². The molecule has 1 N–H and O–H groups in total. The van der Waals surface area contributed by atoms with E-state index in [0.29, 0.717) is 19.4 Å². The molecular formula is C17H23N3O3S. The Morgan fingerprint density at radius 1 is 1.38 bits per heavy atom. The van der Waals surface area contributed by atoms with Crippen molar-refractivity contribution in [1.29, 1.82) is 0 Å². The minimum absolute atomic E-state index is 0.0136. The Kier molecular flexibility index (Phi) is 4.89. The Balaban J connectivity index is 1.45. The number of benzene rings is 1. The van der Waals surface area contributed by atoms with Gasteiger partial charge in [-0.25, -0.2) is 13.4 Å². The van der Waals surface area contributed by atoms with Crippen molar-refractivity contribution < 1.29 is 13.2 Å². The van der Waals surface area contributed by atoms with Gasteiger partial charge in [0, 0.05) is 26.4 Å². The first-order chi connectivity index (χ1) is 11.4. The molecule has 1 unspecified atom stereocenters. The number of carbonyl (C=O) groups excluding carboxylic acids is 1. The number of nitrogens with zero attached hydrogens (tertiary/aromatic N) is 2. The molecule has 2 heterocycles. The quantitative estimate of drug-likeness (QED) is 0.862. The highest BCUT2D eigenvalue weighted by atomic mass is 32.2. The van der Waals surface area contributed by atoms with E-state index in [9.17, 15) is 13.2 Å². The molecule has 1 aromatic carbocycles. The van der Waals surface area contributed by atoms with E-state index in [2.05, 4.69) is 9.97 Å². The molecule has 1 aromatic heterocycles. The number of sulfone groups is 1. The first-order valence-electron chi connectivity index (χ1n) is 8.31. The van der Waals surface area contributed by atoms with Crippen LogP contribution in [0.1, 0.15) is 25.1 Å². The highest BCUT2D eigenvalue weighted by Crippen LogP contribution is 2.22. The van der Waals surface area contributed by atoms with E-state index in [-0.39, 0.29) is 23.3 Å². The second-order valence-corrected chi connectivity index (χ2v) is 8.82. The van der Waals surface area contributed by atoms with Crippen LogP contribution in [-0.4, -0.2) is 54.3 Å². The average molecular weight is 349 g/mol. The fourth-order valence-electron chi connectivity index (χ4n) is 3.17. The number of hydrogen-bond donors (Lipinski definition) is 1. The van der Waals surface area contributed by atoms with Crippen molar-refractivity contribution in [2.75, 3.05) is 25.1 Å². The van der Waals surface area contributed by atoms with Gasteiger partial charge in [-0.05, 0) is 30.9 Å². The highest BCUT2D eigenvalue weighted by Gasteiger charge is 2.30. The van der Waals surface area contributed by atoms with Crippen LogP contribution in [0.5, 0.6) is 0 Å². The number of aromatic amines is 1. The van der Waals surface area contributed by atoms with Crippen molar-refractivity contribution in [3.05, 3.63) is 30.1 Å². The van der Waals surface area contributed by atoms with Crippen molar-refractivity contribution in [3.63, 3.8) is 0 Å². The third kappa shape index (κ3) is 4.14. The highest BCUT2D eigenvalue weighted by molar-refractivity contribution is 7.91. The molecule has 0 aliphatic carbocycles. The van der Waals surface area contributed by atoms with Gasteiger partial charge >= 0.3 is 0 Å². The largest absolute Gasteiger partial charge is 0.346 e. The van der Waals surface area contributed by atoms with Crippen LogP contribution in [0, 0.1) is 5.92 Å². The van der Waals surface area contributed by atoms with Gasteiger partial charge in [-0.15, -0.1) is 0 Å². The Morgan fingerprint density at radius 3 is 2.88 bits per heavy atom. The summed E-state index contributed by atoms with van der Waals surface area (Å²) in [5, 5.41) is 0. The van der Waals surface area contributed by atoms with Gasteiger partial charge < -0.3 is 9.88 Å². The third-order valence-electron chi connectivity index (χ3n) is 4.56. The summed E-state index contributed by atoms with van der Waals surface area (Å²) in [6.45, 7) is 0.648. The molecule has 2 aromatic rings. The van der Waals surface area contributed by atoms with Gasteiger partial charge in [-0.3, -0.25) is 4.79 Å². The molecule has 0 bridgehead atoms. The number of amides is 1. The molecule has 0 radical (unpaired) electrons. The topological polar surface area (TPSA) is 83.1 Å². The van der Waals surface area contributed by atoms with E-state index in [1.807, 2.05) is 24.3 Å². The SMILES string of the molecule is CN(CCCc1nc2ccccc2[nH]1)C(=O)CC1CCS(=O)(=O)C1. The molecule has 3 rings (SSSR count). The molecule has 1 aliphatic rings. The number of imidazole rings is 1. The van der Waals surface area contributed by atoms with Crippen LogP contribution in [0.2, 0.25) is 0 Å². The molecule has 6 nitrogen and oxygen atoms in total. The Hall–Kier alpha value is -1.89. The molecule has 1 atom stereocenters. The monoisotopic (exact) mass is 349 g/mol. The zero-order valence-electron chi connectivity index (χ0n) is 13.9. The van der Waals surface area contributed by atoms with Gasteiger partial charge in [0.25, 0.3) is 0 Å². The maximum Gasteiger partial charge on any atom is 0.222 e. The Morgan fingerprint density at radius 2 is 2.17 bits per heavy atom. The number of carbonyl (C=O) groups is 1. The average Bonchev–Trinajstić information content (AvgIpc) is 3.09. The summed E-state index contributed by atoms with van der Waals surface area (Å²) in [4.78, 5) is 21.7. The predicted molar refractivity (Wildman–Crippen MR) is 93.4 cm³/mol. The zero-order chi connectivity index (χ0) is 17.2.